The predicted octanol–water partition coefficient (Wildman–Crippen LogP) is 3.68. The van der Waals surface area contributed by atoms with Crippen molar-refractivity contribution in [2.45, 2.75) is 12.6 Å². The molecule has 0 saturated carbocycles. The fraction of sp³-hybridized carbons (Fsp3) is 0.190. The minimum absolute atomic E-state index is 0.00821. The first-order chi connectivity index (χ1) is 14.8. The van der Waals surface area contributed by atoms with E-state index >= 15 is 0 Å². The topological polar surface area (TPSA) is 91.1 Å². The number of halogens is 3. The molecule has 2 N–H and O–H groups in total. The Morgan fingerprint density at radius 3 is 2.68 bits per heavy atom. The van der Waals surface area contributed by atoms with Crippen molar-refractivity contribution in [2.75, 3.05) is 13.7 Å². The molecule has 0 bridgehead atoms. The lowest BCUT2D eigenvalue weighted by atomic mass is 9.95. The van der Waals surface area contributed by atoms with E-state index in [1.165, 1.54) is 11.1 Å². The molecule has 4 heterocycles. The van der Waals surface area contributed by atoms with E-state index in [2.05, 4.69) is 15.0 Å². The minimum atomic E-state index is -1.12. The fourth-order valence-corrected chi connectivity index (χ4v) is 4.23. The molecule has 1 atom stereocenters. The molecule has 4 aromatic rings. The molecule has 0 aliphatic carbocycles. The number of carbonyl (C=O) groups is 1. The third kappa shape index (κ3) is 3.08. The standard InChI is InChI=1S/C21H15ClF2N4O3/c1-28(21(30)15-6-11-14(26-15)2-3-25-19(11)22)17-8-31-7-16-18(17)9-4-12(23)13(24)5-10(9)20(29)27-16/h2-6,17,26H,7-8H2,1H3,(H,27,29). The highest BCUT2D eigenvalue weighted by atomic mass is 35.5. The number of likely N-dealkylation sites (N-methyl/N-ethyl adjacent to an activating group) is 1. The van der Waals surface area contributed by atoms with Gasteiger partial charge in [-0.15, -0.1) is 0 Å². The van der Waals surface area contributed by atoms with Crippen molar-refractivity contribution in [2.24, 2.45) is 0 Å². The molecule has 31 heavy (non-hydrogen) atoms. The molecule has 5 rings (SSSR count). The number of benzene rings is 1. The van der Waals surface area contributed by atoms with Gasteiger partial charge in [-0.05, 0) is 29.7 Å². The molecule has 1 aliphatic rings. The number of rotatable bonds is 2. The van der Waals surface area contributed by atoms with Gasteiger partial charge in [-0.25, -0.2) is 13.8 Å². The number of aromatic nitrogens is 3. The van der Waals surface area contributed by atoms with Crippen LogP contribution in [0.25, 0.3) is 21.7 Å². The monoisotopic (exact) mass is 444 g/mol. The highest BCUT2D eigenvalue weighted by molar-refractivity contribution is 6.34. The zero-order valence-corrected chi connectivity index (χ0v) is 16.9. The summed E-state index contributed by atoms with van der Waals surface area (Å²) in [7, 11) is 1.58. The van der Waals surface area contributed by atoms with E-state index in [4.69, 9.17) is 16.3 Å². The Kier molecular flexibility index (Phi) is 4.53. The molecular weight excluding hydrogens is 430 g/mol. The summed E-state index contributed by atoms with van der Waals surface area (Å²) in [5, 5.41) is 1.12. The molecule has 158 valence electrons. The van der Waals surface area contributed by atoms with E-state index < -0.39 is 23.2 Å². The fourth-order valence-electron chi connectivity index (χ4n) is 4.01. The van der Waals surface area contributed by atoms with E-state index in [1.807, 2.05) is 0 Å². The Labute approximate surface area is 178 Å². The average molecular weight is 445 g/mol. The smallest absolute Gasteiger partial charge is 0.270 e. The van der Waals surface area contributed by atoms with Gasteiger partial charge in [-0.2, -0.15) is 0 Å². The third-order valence-electron chi connectivity index (χ3n) is 5.56. The first-order valence-corrected chi connectivity index (χ1v) is 9.75. The summed E-state index contributed by atoms with van der Waals surface area (Å²) in [6.45, 7) is 0.212. The van der Waals surface area contributed by atoms with Crippen LogP contribution in [0.2, 0.25) is 5.15 Å². The number of pyridine rings is 2. The normalized spacial score (nSPS) is 15.9. The number of nitrogens with one attached hydrogen (secondary N) is 2. The second-order valence-corrected chi connectivity index (χ2v) is 7.71. The molecule has 3 aromatic heterocycles. The number of aromatic amines is 2. The van der Waals surface area contributed by atoms with Crippen LogP contribution in [0.5, 0.6) is 0 Å². The zero-order valence-electron chi connectivity index (χ0n) is 16.1. The maximum Gasteiger partial charge on any atom is 0.270 e. The van der Waals surface area contributed by atoms with Crippen LogP contribution in [0.3, 0.4) is 0 Å². The maximum atomic E-state index is 14.0. The SMILES string of the molecule is CN(C(=O)c1cc2c(Cl)nccc2[nH]1)C1COCc2[nH]c(=O)c3cc(F)c(F)cc3c21. The van der Waals surface area contributed by atoms with E-state index in [9.17, 15) is 18.4 Å². The molecule has 1 unspecified atom stereocenters. The molecule has 1 aliphatic heterocycles. The summed E-state index contributed by atoms with van der Waals surface area (Å²) in [6, 6.07) is 4.52. The largest absolute Gasteiger partial charge is 0.373 e. The summed E-state index contributed by atoms with van der Waals surface area (Å²) >= 11 is 6.10. The van der Waals surface area contributed by atoms with E-state index in [0.29, 0.717) is 22.2 Å². The Hall–Kier alpha value is -3.30. The number of H-pyrrole nitrogens is 2. The molecule has 0 spiro atoms. The van der Waals surface area contributed by atoms with Gasteiger partial charge in [-0.1, -0.05) is 11.6 Å². The van der Waals surface area contributed by atoms with Crippen LogP contribution in [0.15, 0.2) is 35.3 Å². The van der Waals surface area contributed by atoms with Gasteiger partial charge < -0.3 is 19.6 Å². The van der Waals surface area contributed by atoms with Crippen molar-refractivity contribution in [3.05, 3.63) is 74.6 Å². The molecule has 0 radical (unpaired) electrons. The van der Waals surface area contributed by atoms with E-state index in [1.54, 1.807) is 19.2 Å². The van der Waals surface area contributed by atoms with Crippen LogP contribution in [0, 0.1) is 11.6 Å². The lowest BCUT2D eigenvalue weighted by molar-refractivity contribution is 0.0333. The van der Waals surface area contributed by atoms with Gasteiger partial charge >= 0.3 is 0 Å². The lowest BCUT2D eigenvalue weighted by Gasteiger charge is -2.33. The van der Waals surface area contributed by atoms with Gasteiger partial charge in [0.2, 0.25) is 0 Å². The van der Waals surface area contributed by atoms with Gasteiger partial charge in [0, 0.05) is 29.9 Å². The van der Waals surface area contributed by atoms with Crippen molar-refractivity contribution in [1.82, 2.24) is 19.9 Å². The second-order valence-electron chi connectivity index (χ2n) is 7.35. The number of fused-ring (bicyclic) bond motifs is 4. The van der Waals surface area contributed by atoms with Crippen molar-refractivity contribution < 1.29 is 18.3 Å². The number of hydrogen-bond donors (Lipinski definition) is 2. The third-order valence-corrected chi connectivity index (χ3v) is 5.86. The van der Waals surface area contributed by atoms with Gasteiger partial charge in [-0.3, -0.25) is 9.59 Å². The van der Waals surface area contributed by atoms with Gasteiger partial charge in [0.1, 0.15) is 10.8 Å². The summed E-state index contributed by atoms with van der Waals surface area (Å²) in [4.78, 5) is 36.7. The van der Waals surface area contributed by atoms with Gasteiger partial charge in [0.25, 0.3) is 11.5 Å². The second kappa shape index (κ2) is 7.14. The zero-order chi connectivity index (χ0) is 21.9. The summed E-state index contributed by atoms with van der Waals surface area (Å²) < 4.78 is 33.4. The molecule has 0 saturated heterocycles. The average Bonchev–Trinajstić information content (AvgIpc) is 3.19. The molecule has 0 fully saturated rings. The van der Waals surface area contributed by atoms with Gasteiger partial charge in [0.05, 0.1) is 30.2 Å². The Morgan fingerprint density at radius 1 is 1.19 bits per heavy atom. The van der Waals surface area contributed by atoms with Crippen LogP contribution < -0.4 is 5.56 Å². The molecule has 10 heteroatoms. The molecular formula is C21H15ClF2N4O3. The minimum Gasteiger partial charge on any atom is -0.373 e. The summed E-state index contributed by atoms with van der Waals surface area (Å²) in [5.41, 5.74) is 1.33. The van der Waals surface area contributed by atoms with Crippen LogP contribution in [0.1, 0.15) is 27.8 Å². The van der Waals surface area contributed by atoms with Crippen molar-refractivity contribution in [3.8, 4) is 0 Å². The number of nitrogens with zero attached hydrogens (tertiary/aromatic N) is 2. The molecule has 7 nitrogen and oxygen atoms in total. The maximum absolute atomic E-state index is 14.0. The quantitative estimate of drug-likeness (QED) is 0.461. The predicted molar refractivity (Wildman–Crippen MR) is 110 cm³/mol. The Bertz CT molecular complexity index is 1430. The molecule has 1 aromatic carbocycles. The van der Waals surface area contributed by atoms with Crippen molar-refractivity contribution in [1.29, 1.82) is 0 Å². The highest BCUT2D eigenvalue weighted by Gasteiger charge is 2.32. The van der Waals surface area contributed by atoms with Crippen molar-refractivity contribution >= 4 is 39.2 Å². The number of carbonyl (C=O) groups excluding carboxylic acids is 1. The van der Waals surface area contributed by atoms with Crippen LogP contribution in [0.4, 0.5) is 8.78 Å². The Morgan fingerprint density at radius 2 is 1.94 bits per heavy atom. The highest BCUT2D eigenvalue weighted by Crippen LogP contribution is 2.34. The molecule has 1 amide bonds. The lowest BCUT2D eigenvalue weighted by Crippen LogP contribution is -2.37. The first-order valence-electron chi connectivity index (χ1n) is 9.37. The van der Waals surface area contributed by atoms with Crippen molar-refractivity contribution in [3.63, 3.8) is 0 Å². The van der Waals surface area contributed by atoms with Gasteiger partial charge in [0.15, 0.2) is 11.6 Å². The Balaban J connectivity index is 1.62. The van der Waals surface area contributed by atoms with Crippen LogP contribution in [-0.2, 0) is 11.3 Å². The number of amides is 1. The van der Waals surface area contributed by atoms with Crippen LogP contribution in [-0.4, -0.2) is 39.4 Å². The summed E-state index contributed by atoms with van der Waals surface area (Å²) in [5.74, 6) is -2.55. The number of hydrogen-bond acceptors (Lipinski definition) is 4. The summed E-state index contributed by atoms with van der Waals surface area (Å²) in [6.07, 6.45) is 1.53. The van der Waals surface area contributed by atoms with Crippen LogP contribution >= 0.6 is 11.6 Å². The van der Waals surface area contributed by atoms with E-state index in [0.717, 1.165) is 12.1 Å². The number of ether oxygens (including phenoxy) is 1. The van der Waals surface area contributed by atoms with E-state index in [-0.39, 0.29) is 40.7 Å². The first kappa shape index (κ1) is 19.7.